The quantitative estimate of drug-likeness (QED) is 0.668. The molecular weight excluding hydrogens is 298 g/mol. The molecule has 1 amide bonds. The number of aromatic amines is 1. The molecule has 0 aliphatic carbocycles. The van der Waals surface area contributed by atoms with Crippen molar-refractivity contribution >= 4 is 11.9 Å². The zero-order chi connectivity index (χ0) is 16.8. The average molecular weight is 317 g/mol. The van der Waals surface area contributed by atoms with Crippen LogP contribution in [0.5, 0.6) is 0 Å². The number of benzene rings is 1. The van der Waals surface area contributed by atoms with Crippen molar-refractivity contribution in [1.29, 1.82) is 0 Å². The lowest BCUT2D eigenvalue weighted by atomic mass is 9.83. The maximum Gasteiger partial charge on any atom is 0.307 e. The maximum atomic E-state index is 11.6. The summed E-state index contributed by atoms with van der Waals surface area (Å²) in [5, 5.41) is 23.3. The summed E-state index contributed by atoms with van der Waals surface area (Å²) >= 11 is 0. The smallest absolute Gasteiger partial charge is 0.307 e. The van der Waals surface area contributed by atoms with Gasteiger partial charge in [0.1, 0.15) is 0 Å². The minimum absolute atomic E-state index is 0.379. The van der Waals surface area contributed by atoms with E-state index in [-0.39, 0.29) is 0 Å². The van der Waals surface area contributed by atoms with E-state index in [4.69, 9.17) is 5.73 Å². The van der Waals surface area contributed by atoms with Gasteiger partial charge in [0.2, 0.25) is 5.91 Å². The first kappa shape index (κ1) is 16.6. The first-order chi connectivity index (χ1) is 11.0. The molecule has 0 spiro atoms. The van der Waals surface area contributed by atoms with E-state index in [0.29, 0.717) is 24.2 Å². The minimum atomic E-state index is -0.879. The van der Waals surface area contributed by atoms with Crippen molar-refractivity contribution in [1.82, 2.24) is 20.6 Å². The topological polar surface area (TPSA) is 135 Å². The van der Waals surface area contributed by atoms with E-state index in [9.17, 15) is 14.7 Å². The number of primary amides is 1. The molecule has 122 valence electrons. The second-order valence-electron chi connectivity index (χ2n) is 5.38. The first-order valence-corrected chi connectivity index (χ1v) is 7.37. The van der Waals surface area contributed by atoms with E-state index in [1.807, 2.05) is 6.92 Å². The van der Waals surface area contributed by atoms with Crippen molar-refractivity contribution in [2.45, 2.75) is 32.1 Å². The number of hydrogen-bond acceptors (Lipinski definition) is 5. The van der Waals surface area contributed by atoms with Crippen LogP contribution in [0.2, 0.25) is 0 Å². The number of carbonyl (C=O) groups is 2. The van der Waals surface area contributed by atoms with Gasteiger partial charge in [-0.25, -0.2) is 0 Å². The van der Waals surface area contributed by atoms with Crippen molar-refractivity contribution in [3.8, 4) is 0 Å². The van der Waals surface area contributed by atoms with Crippen LogP contribution in [0.3, 0.4) is 0 Å². The van der Waals surface area contributed by atoms with E-state index in [2.05, 4.69) is 20.6 Å². The Labute approximate surface area is 133 Å². The molecule has 8 heteroatoms. The summed E-state index contributed by atoms with van der Waals surface area (Å²) in [6.07, 6.45) is 1.70. The summed E-state index contributed by atoms with van der Waals surface area (Å²) in [5.74, 6) is -2.00. The van der Waals surface area contributed by atoms with E-state index < -0.39 is 23.7 Å². The largest absolute Gasteiger partial charge is 0.481 e. The number of nitrogens with zero attached hydrogens (tertiary/aromatic N) is 3. The lowest BCUT2D eigenvalue weighted by molar-refractivity contribution is -0.142. The Morgan fingerprint density at radius 3 is 2.48 bits per heavy atom. The third-order valence-electron chi connectivity index (χ3n) is 3.79. The molecule has 2 atom stereocenters. The molecule has 1 aromatic carbocycles. The molecule has 0 saturated heterocycles. The molecule has 0 radical (unpaired) electrons. The monoisotopic (exact) mass is 317 g/mol. The highest BCUT2D eigenvalue weighted by molar-refractivity contribution is 5.92. The average Bonchev–Trinajstić information content (AvgIpc) is 3.05. The van der Waals surface area contributed by atoms with E-state index in [1.54, 1.807) is 24.3 Å². The van der Waals surface area contributed by atoms with E-state index in [1.165, 1.54) is 0 Å². The van der Waals surface area contributed by atoms with Crippen molar-refractivity contribution in [2.75, 3.05) is 0 Å². The van der Waals surface area contributed by atoms with Crippen LogP contribution < -0.4 is 5.73 Å². The van der Waals surface area contributed by atoms with E-state index >= 15 is 0 Å². The van der Waals surface area contributed by atoms with Gasteiger partial charge in [-0.1, -0.05) is 30.7 Å². The lowest BCUT2D eigenvalue weighted by Gasteiger charge is -2.21. The number of carboxylic acid groups (broad SMARTS) is 1. The van der Waals surface area contributed by atoms with Crippen LogP contribution >= 0.6 is 0 Å². The molecular formula is C15H19N5O3. The Bertz CT molecular complexity index is 654. The predicted octanol–water partition coefficient (Wildman–Crippen LogP) is 1.13. The van der Waals surface area contributed by atoms with Crippen LogP contribution in [-0.2, 0) is 11.2 Å². The SMILES string of the molecule is CCCC(C(=O)O)C(Cc1ccc(C(N)=O)cc1)c1nn[nH]n1. The Kier molecular flexibility index (Phi) is 5.40. The Morgan fingerprint density at radius 1 is 1.30 bits per heavy atom. The van der Waals surface area contributed by atoms with Crippen LogP contribution in [0.1, 0.15) is 47.4 Å². The molecule has 23 heavy (non-hydrogen) atoms. The maximum absolute atomic E-state index is 11.6. The number of rotatable bonds is 8. The third kappa shape index (κ3) is 4.12. The molecule has 1 heterocycles. The summed E-state index contributed by atoms with van der Waals surface area (Å²) < 4.78 is 0. The fourth-order valence-corrected chi connectivity index (χ4v) is 2.61. The van der Waals surface area contributed by atoms with Gasteiger partial charge in [-0.05, 0) is 30.5 Å². The van der Waals surface area contributed by atoms with Gasteiger partial charge in [0, 0.05) is 11.5 Å². The van der Waals surface area contributed by atoms with Crippen LogP contribution in [0.4, 0.5) is 0 Å². The van der Waals surface area contributed by atoms with Crippen molar-refractivity contribution in [2.24, 2.45) is 11.7 Å². The van der Waals surface area contributed by atoms with Gasteiger partial charge in [0.25, 0.3) is 0 Å². The molecule has 4 N–H and O–H groups in total. The van der Waals surface area contributed by atoms with Crippen LogP contribution in [0.25, 0.3) is 0 Å². The van der Waals surface area contributed by atoms with Crippen LogP contribution in [-0.4, -0.2) is 37.6 Å². The summed E-state index contributed by atoms with van der Waals surface area (Å²) in [5.41, 5.74) is 6.51. The molecule has 0 aliphatic rings. The molecule has 2 unspecified atom stereocenters. The minimum Gasteiger partial charge on any atom is -0.481 e. The first-order valence-electron chi connectivity index (χ1n) is 7.37. The Balaban J connectivity index is 2.27. The zero-order valence-corrected chi connectivity index (χ0v) is 12.8. The number of nitrogens with two attached hydrogens (primary N) is 1. The normalized spacial score (nSPS) is 13.4. The number of carboxylic acids is 1. The summed E-state index contributed by atoms with van der Waals surface area (Å²) in [7, 11) is 0. The standard InChI is InChI=1S/C15H19N5O3/c1-2-3-11(15(22)23)12(14-17-19-20-18-14)8-9-4-6-10(7-5-9)13(16)21/h4-7,11-12H,2-3,8H2,1H3,(H2,16,21)(H,22,23)(H,17,18,19,20). The second kappa shape index (κ2) is 7.48. The molecule has 8 nitrogen and oxygen atoms in total. The second-order valence-corrected chi connectivity index (χ2v) is 5.38. The number of H-pyrrole nitrogens is 1. The number of aliphatic carboxylic acids is 1. The number of nitrogens with one attached hydrogen (secondary N) is 1. The van der Waals surface area contributed by atoms with Crippen molar-refractivity contribution in [3.05, 3.63) is 41.2 Å². The molecule has 2 aromatic rings. The van der Waals surface area contributed by atoms with Crippen molar-refractivity contribution in [3.63, 3.8) is 0 Å². The number of amides is 1. The molecule has 0 bridgehead atoms. The highest BCUT2D eigenvalue weighted by Gasteiger charge is 2.31. The predicted molar refractivity (Wildman–Crippen MR) is 81.6 cm³/mol. The molecule has 0 aliphatic heterocycles. The molecule has 1 aromatic heterocycles. The molecule has 0 saturated carbocycles. The number of aromatic nitrogens is 4. The Hall–Kier alpha value is -2.77. The zero-order valence-electron chi connectivity index (χ0n) is 12.8. The fraction of sp³-hybridized carbons (Fsp3) is 0.400. The summed E-state index contributed by atoms with van der Waals surface area (Å²) in [4.78, 5) is 22.7. The number of hydrogen-bond donors (Lipinski definition) is 3. The highest BCUT2D eigenvalue weighted by atomic mass is 16.4. The van der Waals surface area contributed by atoms with Crippen molar-refractivity contribution < 1.29 is 14.7 Å². The highest BCUT2D eigenvalue weighted by Crippen LogP contribution is 2.29. The van der Waals surface area contributed by atoms with Gasteiger partial charge in [-0.2, -0.15) is 5.21 Å². The van der Waals surface area contributed by atoms with Gasteiger partial charge in [0.05, 0.1) is 5.92 Å². The number of tetrazole rings is 1. The van der Waals surface area contributed by atoms with Crippen LogP contribution in [0, 0.1) is 5.92 Å². The van der Waals surface area contributed by atoms with Crippen LogP contribution in [0.15, 0.2) is 24.3 Å². The number of carbonyl (C=O) groups excluding carboxylic acids is 1. The fourth-order valence-electron chi connectivity index (χ4n) is 2.61. The van der Waals surface area contributed by atoms with Gasteiger partial charge < -0.3 is 10.8 Å². The Morgan fingerprint density at radius 2 is 2.00 bits per heavy atom. The lowest BCUT2D eigenvalue weighted by Crippen LogP contribution is -2.25. The molecule has 2 rings (SSSR count). The van der Waals surface area contributed by atoms with Gasteiger partial charge >= 0.3 is 5.97 Å². The molecule has 0 fully saturated rings. The third-order valence-corrected chi connectivity index (χ3v) is 3.79. The van der Waals surface area contributed by atoms with Gasteiger partial charge in [-0.15, -0.1) is 10.2 Å². The summed E-state index contributed by atoms with van der Waals surface area (Å²) in [6, 6.07) is 6.77. The summed E-state index contributed by atoms with van der Waals surface area (Å²) in [6.45, 7) is 1.94. The van der Waals surface area contributed by atoms with Gasteiger partial charge in [0.15, 0.2) is 5.82 Å². The van der Waals surface area contributed by atoms with E-state index in [0.717, 1.165) is 12.0 Å². The van der Waals surface area contributed by atoms with Gasteiger partial charge in [-0.3, -0.25) is 9.59 Å².